The molecule has 0 aliphatic carbocycles. The number of guanidine groups is 1. The maximum Gasteiger partial charge on any atom is 0.191 e. The summed E-state index contributed by atoms with van der Waals surface area (Å²) in [4.78, 5) is 8.95. The lowest BCUT2D eigenvalue weighted by Gasteiger charge is -2.29. The van der Waals surface area contributed by atoms with E-state index in [4.69, 9.17) is 4.74 Å². The second-order valence-corrected chi connectivity index (χ2v) is 8.19. The SMILES string of the molecule is CN=C(NCC(C)(C)Cc1ccccc1)NC1CCc2nc(COC)nn2C1.I. The number of aromatic nitrogens is 3. The second kappa shape index (κ2) is 10.9. The van der Waals surface area contributed by atoms with E-state index in [1.807, 2.05) is 11.7 Å². The van der Waals surface area contributed by atoms with Crippen molar-refractivity contribution in [2.45, 2.75) is 52.3 Å². The third-order valence-electron chi connectivity index (χ3n) is 5.00. The molecular formula is C21H33IN6O. The number of fused-ring (bicyclic) bond motifs is 1. The molecule has 0 saturated carbocycles. The first kappa shape index (κ1) is 23.6. The highest BCUT2D eigenvalue weighted by molar-refractivity contribution is 14.0. The van der Waals surface area contributed by atoms with Gasteiger partial charge in [0.1, 0.15) is 12.4 Å². The summed E-state index contributed by atoms with van der Waals surface area (Å²) in [7, 11) is 3.49. The highest BCUT2D eigenvalue weighted by Gasteiger charge is 2.23. The molecular weight excluding hydrogens is 479 g/mol. The number of aliphatic imine (C=N–C) groups is 1. The number of ether oxygens (including phenoxy) is 1. The molecule has 160 valence electrons. The smallest absolute Gasteiger partial charge is 0.191 e. The van der Waals surface area contributed by atoms with Crippen molar-refractivity contribution in [1.29, 1.82) is 0 Å². The Kier molecular flexibility index (Phi) is 8.88. The normalized spacial score (nSPS) is 16.7. The van der Waals surface area contributed by atoms with Gasteiger partial charge in [0.25, 0.3) is 0 Å². The van der Waals surface area contributed by atoms with Crippen LogP contribution < -0.4 is 10.6 Å². The molecule has 2 heterocycles. The molecule has 1 aromatic heterocycles. The molecule has 0 bridgehead atoms. The first-order valence-electron chi connectivity index (χ1n) is 9.92. The zero-order valence-electron chi connectivity index (χ0n) is 17.8. The lowest BCUT2D eigenvalue weighted by Crippen LogP contribution is -2.49. The van der Waals surface area contributed by atoms with Gasteiger partial charge in [0.15, 0.2) is 11.8 Å². The van der Waals surface area contributed by atoms with Crippen molar-refractivity contribution in [1.82, 2.24) is 25.4 Å². The minimum atomic E-state index is 0. The first-order valence-corrected chi connectivity index (χ1v) is 9.92. The van der Waals surface area contributed by atoms with Crippen molar-refractivity contribution >= 4 is 29.9 Å². The summed E-state index contributed by atoms with van der Waals surface area (Å²) in [6.45, 7) is 6.65. The Balaban J connectivity index is 0.00000300. The minimum absolute atomic E-state index is 0. The van der Waals surface area contributed by atoms with Crippen LogP contribution in [0.15, 0.2) is 35.3 Å². The van der Waals surface area contributed by atoms with E-state index in [1.165, 1.54) is 5.56 Å². The highest BCUT2D eigenvalue weighted by atomic mass is 127. The third-order valence-corrected chi connectivity index (χ3v) is 5.00. The van der Waals surface area contributed by atoms with Gasteiger partial charge in [0.2, 0.25) is 0 Å². The standard InChI is InChI=1S/C21H32N6O.HI/c1-21(2,12-16-8-6-5-7-9-16)15-23-20(22-3)24-17-10-11-19-25-18(14-28-4)26-27(19)13-17;/h5-9,17H,10-15H2,1-4H3,(H2,22,23,24);1H. The van der Waals surface area contributed by atoms with E-state index < -0.39 is 0 Å². The number of rotatable bonds is 7. The first-order chi connectivity index (χ1) is 13.5. The Morgan fingerprint density at radius 3 is 2.76 bits per heavy atom. The fourth-order valence-corrected chi connectivity index (χ4v) is 3.59. The molecule has 1 aliphatic rings. The molecule has 0 fully saturated rings. The third kappa shape index (κ3) is 6.95. The van der Waals surface area contributed by atoms with Gasteiger partial charge in [-0.3, -0.25) is 4.99 Å². The quantitative estimate of drug-likeness (QED) is 0.339. The van der Waals surface area contributed by atoms with Crippen LogP contribution in [0.1, 0.15) is 37.5 Å². The van der Waals surface area contributed by atoms with Crippen molar-refractivity contribution in [2.24, 2.45) is 10.4 Å². The van der Waals surface area contributed by atoms with E-state index in [9.17, 15) is 0 Å². The molecule has 1 aliphatic heterocycles. The van der Waals surface area contributed by atoms with Crippen molar-refractivity contribution in [3.05, 3.63) is 47.5 Å². The van der Waals surface area contributed by atoms with E-state index in [0.717, 1.165) is 50.0 Å². The van der Waals surface area contributed by atoms with Gasteiger partial charge in [0, 0.05) is 33.2 Å². The Hall–Kier alpha value is -1.68. The largest absolute Gasteiger partial charge is 0.377 e. The number of nitrogens with one attached hydrogen (secondary N) is 2. The van der Waals surface area contributed by atoms with E-state index >= 15 is 0 Å². The van der Waals surface area contributed by atoms with Crippen LogP contribution in [0.3, 0.4) is 0 Å². The maximum atomic E-state index is 5.14. The predicted molar refractivity (Wildman–Crippen MR) is 127 cm³/mol. The Labute approximate surface area is 190 Å². The Morgan fingerprint density at radius 2 is 2.07 bits per heavy atom. The highest BCUT2D eigenvalue weighted by Crippen LogP contribution is 2.20. The molecule has 1 aromatic carbocycles. The van der Waals surface area contributed by atoms with Gasteiger partial charge in [-0.15, -0.1) is 24.0 Å². The molecule has 1 unspecified atom stereocenters. The van der Waals surface area contributed by atoms with Crippen molar-refractivity contribution < 1.29 is 4.74 Å². The summed E-state index contributed by atoms with van der Waals surface area (Å²) >= 11 is 0. The van der Waals surface area contributed by atoms with Crippen LogP contribution in [-0.4, -0.2) is 47.5 Å². The van der Waals surface area contributed by atoms with Gasteiger partial charge in [-0.2, -0.15) is 5.10 Å². The van der Waals surface area contributed by atoms with Crippen molar-refractivity contribution in [3.63, 3.8) is 0 Å². The molecule has 1 atom stereocenters. The van der Waals surface area contributed by atoms with Gasteiger partial charge in [-0.05, 0) is 23.8 Å². The molecule has 2 N–H and O–H groups in total. The zero-order chi connectivity index (χ0) is 20.0. The lowest BCUT2D eigenvalue weighted by atomic mass is 9.86. The van der Waals surface area contributed by atoms with Gasteiger partial charge >= 0.3 is 0 Å². The van der Waals surface area contributed by atoms with E-state index in [-0.39, 0.29) is 35.4 Å². The second-order valence-electron chi connectivity index (χ2n) is 8.19. The Bertz CT molecular complexity index is 790. The predicted octanol–water partition coefficient (Wildman–Crippen LogP) is 2.79. The molecule has 29 heavy (non-hydrogen) atoms. The molecule has 8 heteroatoms. The molecule has 3 rings (SSSR count). The summed E-state index contributed by atoms with van der Waals surface area (Å²) in [5.74, 6) is 2.63. The van der Waals surface area contributed by atoms with E-state index in [1.54, 1.807) is 7.11 Å². The number of hydrogen-bond donors (Lipinski definition) is 2. The van der Waals surface area contributed by atoms with Crippen LogP contribution in [0.4, 0.5) is 0 Å². The topological polar surface area (TPSA) is 76.4 Å². The summed E-state index contributed by atoms with van der Waals surface area (Å²) in [6.07, 6.45) is 2.94. The fraction of sp³-hybridized carbons (Fsp3) is 0.571. The van der Waals surface area contributed by atoms with Crippen LogP contribution in [0.25, 0.3) is 0 Å². The summed E-state index contributed by atoms with van der Waals surface area (Å²) < 4.78 is 7.13. The number of nitrogens with zero attached hydrogens (tertiary/aromatic N) is 4. The molecule has 0 radical (unpaired) electrons. The van der Waals surface area contributed by atoms with Crippen LogP contribution in [0, 0.1) is 5.41 Å². The molecule has 0 saturated heterocycles. The number of benzene rings is 1. The summed E-state index contributed by atoms with van der Waals surface area (Å²) in [5, 5.41) is 11.6. The molecule has 2 aromatic rings. The van der Waals surface area contributed by atoms with Gasteiger partial charge in [-0.25, -0.2) is 9.67 Å². The van der Waals surface area contributed by atoms with Crippen LogP contribution in [0.5, 0.6) is 0 Å². The van der Waals surface area contributed by atoms with Crippen LogP contribution in [-0.2, 0) is 30.7 Å². The average Bonchev–Trinajstić information content (AvgIpc) is 3.07. The Morgan fingerprint density at radius 1 is 1.31 bits per heavy atom. The maximum absolute atomic E-state index is 5.14. The average molecular weight is 512 g/mol. The monoisotopic (exact) mass is 512 g/mol. The number of aryl methyl sites for hydroxylation is 1. The molecule has 7 nitrogen and oxygen atoms in total. The zero-order valence-corrected chi connectivity index (χ0v) is 20.1. The van der Waals surface area contributed by atoms with E-state index in [0.29, 0.717) is 6.61 Å². The summed E-state index contributed by atoms with van der Waals surface area (Å²) in [6, 6.07) is 10.9. The van der Waals surface area contributed by atoms with Crippen LogP contribution >= 0.6 is 24.0 Å². The molecule has 0 spiro atoms. The number of methoxy groups -OCH3 is 1. The molecule has 0 amide bonds. The van der Waals surface area contributed by atoms with Gasteiger partial charge in [-0.1, -0.05) is 44.2 Å². The van der Waals surface area contributed by atoms with Crippen molar-refractivity contribution in [3.8, 4) is 0 Å². The lowest BCUT2D eigenvalue weighted by molar-refractivity contribution is 0.177. The summed E-state index contributed by atoms with van der Waals surface area (Å²) in [5.41, 5.74) is 1.48. The van der Waals surface area contributed by atoms with Gasteiger partial charge < -0.3 is 15.4 Å². The number of hydrogen-bond acceptors (Lipinski definition) is 4. The fourth-order valence-electron chi connectivity index (χ4n) is 3.59. The van der Waals surface area contributed by atoms with Gasteiger partial charge in [0.05, 0.1) is 6.54 Å². The van der Waals surface area contributed by atoms with E-state index in [2.05, 4.69) is 69.9 Å². The minimum Gasteiger partial charge on any atom is -0.377 e. The van der Waals surface area contributed by atoms with Crippen LogP contribution in [0.2, 0.25) is 0 Å². The number of halogens is 1. The van der Waals surface area contributed by atoms with Crippen molar-refractivity contribution in [2.75, 3.05) is 20.7 Å².